The lowest BCUT2D eigenvalue weighted by Crippen LogP contribution is -2.26. The molecule has 0 aliphatic rings. The number of carbonyl (C=O) groups excluding carboxylic acids is 2. The average molecular weight is 378 g/mol. The van der Waals surface area contributed by atoms with Crippen molar-refractivity contribution >= 4 is 11.9 Å². The van der Waals surface area contributed by atoms with Crippen molar-refractivity contribution in [1.29, 1.82) is 0 Å². The Hall–Kier alpha value is -3.41. The Morgan fingerprint density at radius 2 is 1.93 bits per heavy atom. The second-order valence-corrected chi connectivity index (χ2v) is 6.25. The molecule has 0 bridgehead atoms. The Kier molecular flexibility index (Phi) is 6.57. The minimum atomic E-state index is -0.352. The summed E-state index contributed by atoms with van der Waals surface area (Å²) in [5.41, 5.74) is 3.19. The van der Waals surface area contributed by atoms with Gasteiger partial charge in [-0.3, -0.25) is 9.59 Å². The molecule has 1 heterocycles. The number of benzene rings is 2. The van der Waals surface area contributed by atoms with E-state index in [1.165, 1.54) is 0 Å². The van der Waals surface area contributed by atoms with Crippen LogP contribution in [0.25, 0.3) is 11.1 Å². The summed E-state index contributed by atoms with van der Waals surface area (Å²) in [7, 11) is 0. The van der Waals surface area contributed by atoms with Gasteiger partial charge in [-0.05, 0) is 23.3 Å². The lowest BCUT2D eigenvalue weighted by molar-refractivity contribution is -0.144. The Balaban J connectivity index is 1.50. The number of rotatable bonds is 8. The monoisotopic (exact) mass is 378 g/mol. The van der Waals surface area contributed by atoms with Crippen LogP contribution < -0.4 is 5.32 Å². The molecule has 0 aliphatic carbocycles. The van der Waals surface area contributed by atoms with Crippen molar-refractivity contribution in [3.63, 3.8) is 0 Å². The standard InChI is InChI=1S/C22H22N2O4/c1-2-20-19(14-24-28-20)17-9-6-10-18(13-17)22(26)23-12-11-21(25)27-15-16-7-4-3-5-8-16/h3-10,13-14H,2,11-12,15H2,1H3,(H,23,26). The number of hydrogen-bond donors (Lipinski definition) is 1. The van der Waals surface area contributed by atoms with Crippen LogP contribution in [0.15, 0.2) is 65.3 Å². The molecule has 2 aromatic carbocycles. The minimum absolute atomic E-state index is 0.115. The van der Waals surface area contributed by atoms with Crippen LogP contribution >= 0.6 is 0 Å². The molecular formula is C22H22N2O4. The topological polar surface area (TPSA) is 81.4 Å². The van der Waals surface area contributed by atoms with Gasteiger partial charge in [-0.15, -0.1) is 0 Å². The van der Waals surface area contributed by atoms with E-state index in [-0.39, 0.29) is 31.4 Å². The maximum absolute atomic E-state index is 12.4. The number of aromatic nitrogens is 1. The van der Waals surface area contributed by atoms with Crippen LogP contribution in [0.3, 0.4) is 0 Å². The van der Waals surface area contributed by atoms with Gasteiger partial charge in [-0.25, -0.2) is 0 Å². The fraction of sp³-hybridized carbons (Fsp3) is 0.227. The molecule has 1 N–H and O–H groups in total. The van der Waals surface area contributed by atoms with Gasteiger partial charge in [0.05, 0.1) is 12.6 Å². The lowest BCUT2D eigenvalue weighted by Gasteiger charge is -2.08. The molecule has 0 radical (unpaired) electrons. The van der Waals surface area contributed by atoms with Gasteiger partial charge in [0.25, 0.3) is 5.91 Å². The van der Waals surface area contributed by atoms with E-state index < -0.39 is 0 Å². The molecule has 1 aromatic heterocycles. The van der Waals surface area contributed by atoms with Crippen molar-refractivity contribution in [1.82, 2.24) is 10.5 Å². The molecule has 0 saturated carbocycles. The van der Waals surface area contributed by atoms with Crippen molar-refractivity contribution in [3.8, 4) is 11.1 Å². The van der Waals surface area contributed by atoms with Crippen LogP contribution in [0.5, 0.6) is 0 Å². The fourth-order valence-corrected chi connectivity index (χ4v) is 2.77. The highest BCUT2D eigenvalue weighted by Crippen LogP contribution is 2.24. The van der Waals surface area contributed by atoms with Gasteiger partial charge in [-0.2, -0.15) is 0 Å². The summed E-state index contributed by atoms with van der Waals surface area (Å²) < 4.78 is 10.4. The molecule has 1 amide bonds. The van der Waals surface area contributed by atoms with Crippen molar-refractivity contribution in [2.24, 2.45) is 0 Å². The zero-order valence-corrected chi connectivity index (χ0v) is 15.7. The second kappa shape index (κ2) is 9.50. The summed E-state index contributed by atoms with van der Waals surface area (Å²) in [6.45, 7) is 2.43. The van der Waals surface area contributed by atoms with E-state index in [4.69, 9.17) is 9.26 Å². The van der Waals surface area contributed by atoms with Crippen LogP contribution in [0.4, 0.5) is 0 Å². The molecule has 144 valence electrons. The molecule has 6 nitrogen and oxygen atoms in total. The summed E-state index contributed by atoms with van der Waals surface area (Å²) in [6.07, 6.45) is 2.49. The largest absolute Gasteiger partial charge is 0.461 e. The van der Waals surface area contributed by atoms with Gasteiger partial charge in [-0.1, -0.05) is 54.5 Å². The molecule has 0 spiro atoms. The van der Waals surface area contributed by atoms with Gasteiger partial charge in [0.15, 0.2) is 0 Å². The number of hydrogen-bond acceptors (Lipinski definition) is 5. The van der Waals surface area contributed by atoms with Gasteiger partial charge in [0, 0.05) is 24.1 Å². The number of nitrogens with zero attached hydrogens (tertiary/aromatic N) is 1. The first kappa shape index (κ1) is 19.4. The van der Waals surface area contributed by atoms with Crippen LogP contribution in [-0.2, 0) is 22.6 Å². The van der Waals surface area contributed by atoms with E-state index in [9.17, 15) is 9.59 Å². The van der Waals surface area contributed by atoms with Crippen molar-refractivity contribution < 1.29 is 18.8 Å². The van der Waals surface area contributed by atoms with Gasteiger partial charge >= 0.3 is 5.97 Å². The van der Waals surface area contributed by atoms with Crippen molar-refractivity contribution in [3.05, 3.63) is 77.7 Å². The Bertz CT molecular complexity index is 934. The number of amides is 1. The van der Waals surface area contributed by atoms with Crippen LogP contribution in [-0.4, -0.2) is 23.6 Å². The van der Waals surface area contributed by atoms with E-state index in [1.807, 2.05) is 49.4 Å². The first-order valence-corrected chi connectivity index (χ1v) is 9.19. The molecule has 0 unspecified atom stereocenters. The van der Waals surface area contributed by atoms with Crippen LogP contribution in [0.1, 0.15) is 35.0 Å². The molecule has 0 saturated heterocycles. The molecule has 0 atom stereocenters. The Morgan fingerprint density at radius 3 is 2.71 bits per heavy atom. The van der Waals surface area contributed by atoms with E-state index in [1.54, 1.807) is 18.3 Å². The maximum Gasteiger partial charge on any atom is 0.307 e. The third kappa shape index (κ3) is 5.07. The predicted molar refractivity (Wildman–Crippen MR) is 105 cm³/mol. The first-order chi connectivity index (χ1) is 13.7. The maximum atomic E-state index is 12.4. The van der Waals surface area contributed by atoms with Crippen molar-refractivity contribution in [2.45, 2.75) is 26.4 Å². The zero-order valence-electron chi connectivity index (χ0n) is 15.7. The zero-order chi connectivity index (χ0) is 19.8. The summed E-state index contributed by atoms with van der Waals surface area (Å²) >= 11 is 0. The quantitative estimate of drug-likeness (QED) is 0.604. The smallest absolute Gasteiger partial charge is 0.307 e. The molecule has 28 heavy (non-hydrogen) atoms. The third-order valence-corrected chi connectivity index (χ3v) is 4.26. The SMILES string of the molecule is CCc1oncc1-c1cccc(C(=O)NCCC(=O)OCc2ccccc2)c1. The highest BCUT2D eigenvalue weighted by Gasteiger charge is 2.12. The Morgan fingerprint density at radius 1 is 1.11 bits per heavy atom. The summed E-state index contributed by atoms with van der Waals surface area (Å²) in [5.74, 6) is 0.181. The summed E-state index contributed by atoms with van der Waals surface area (Å²) in [6, 6.07) is 16.7. The van der Waals surface area contributed by atoms with Gasteiger partial charge < -0.3 is 14.6 Å². The highest BCUT2D eigenvalue weighted by molar-refractivity contribution is 5.95. The number of carbonyl (C=O) groups is 2. The number of ether oxygens (including phenoxy) is 1. The summed E-state index contributed by atoms with van der Waals surface area (Å²) in [5, 5.41) is 6.58. The van der Waals surface area contributed by atoms with E-state index in [2.05, 4.69) is 10.5 Å². The molecule has 6 heteroatoms. The average Bonchev–Trinajstić information content (AvgIpc) is 3.22. The third-order valence-electron chi connectivity index (χ3n) is 4.26. The molecule has 0 fully saturated rings. The minimum Gasteiger partial charge on any atom is -0.461 e. The molecule has 3 aromatic rings. The van der Waals surface area contributed by atoms with Crippen LogP contribution in [0, 0.1) is 0 Å². The second-order valence-electron chi connectivity index (χ2n) is 6.25. The van der Waals surface area contributed by atoms with E-state index in [0.29, 0.717) is 5.56 Å². The first-order valence-electron chi connectivity index (χ1n) is 9.19. The van der Waals surface area contributed by atoms with Crippen LogP contribution in [0.2, 0.25) is 0 Å². The van der Waals surface area contributed by atoms with E-state index >= 15 is 0 Å². The predicted octanol–water partition coefficient (Wildman–Crippen LogP) is 3.77. The molecule has 0 aliphatic heterocycles. The lowest BCUT2D eigenvalue weighted by atomic mass is 10.0. The normalized spacial score (nSPS) is 10.5. The number of aryl methyl sites for hydroxylation is 1. The molecular weight excluding hydrogens is 356 g/mol. The number of nitrogens with one attached hydrogen (secondary N) is 1. The molecule has 3 rings (SSSR count). The van der Waals surface area contributed by atoms with Gasteiger partial charge in [0.1, 0.15) is 12.4 Å². The number of esters is 1. The summed E-state index contributed by atoms with van der Waals surface area (Å²) in [4.78, 5) is 24.2. The van der Waals surface area contributed by atoms with Gasteiger partial charge in [0.2, 0.25) is 0 Å². The van der Waals surface area contributed by atoms with Crippen molar-refractivity contribution in [2.75, 3.05) is 6.54 Å². The Labute approximate surface area is 163 Å². The van der Waals surface area contributed by atoms with E-state index in [0.717, 1.165) is 28.9 Å². The highest BCUT2D eigenvalue weighted by atomic mass is 16.5. The fourth-order valence-electron chi connectivity index (χ4n) is 2.77.